The van der Waals surface area contributed by atoms with E-state index in [-0.39, 0.29) is 0 Å². The number of hydrogen-bond acceptors (Lipinski definition) is 3. The van der Waals surface area contributed by atoms with Crippen LogP contribution in [0.1, 0.15) is 45.1 Å². The third-order valence-corrected chi connectivity index (χ3v) is 4.58. The van der Waals surface area contributed by atoms with Gasteiger partial charge < -0.3 is 15.3 Å². The van der Waals surface area contributed by atoms with Gasteiger partial charge >= 0.3 is 0 Å². The first kappa shape index (κ1) is 16.6. The highest BCUT2D eigenvalue weighted by molar-refractivity contribution is 6.31. The predicted octanol–water partition coefficient (Wildman–Crippen LogP) is 3.58. The van der Waals surface area contributed by atoms with Crippen molar-refractivity contribution in [2.24, 2.45) is 0 Å². The van der Waals surface area contributed by atoms with Crippen molar-refractivity contribution in [2.45, 2.75) is 51.7 Å². The fourth-order valence-corrected chi connectivity index (χ4v) is 3.15. The van der Waals surface area contributed by atoms with E-state index in [1.165, 1.54) is 11.3 Å². The highest BCUT2D eigenvalue weighted by atomic mass is 35.5. The van der Waals surface area contributed by atoms with E-state index in [2.05, 4.69) is 23.2 Å². The van der Waals surface area contributed by atoms with E-state index in [1.54, 1.807) is 0 Å². The summed E-state index contributed by atoms with van der Waals surface area (Å²) in [7, 11) is 0. The van der Waals surface area contributed by atoms with E-state index in [0.717, 1.165) is 56.9 Å². The molecule has 1 aliphatic heterocycles. The number of nitrogens with zero attached hydrogens (tertiary/aromatic N) is 1. The molecule has 1 aliphatic rings. The van der Waals surface area contributed by atoms with E-state index < -0.39 is 5.60 Å². The van der Waals surface area contributed by atoms with Crippen LogP contribution in [0.4, 0.5) is 5.69 Å². The summed E-state index contributed by atoms with van der Waals surface area (Å²) in [6.07, 6.45) is 3.81. The van der Waals surface area contributed by atoms with Crippen molar-refractivity contribution in [3.05, 3.63) is 28.8 Å². The second-order valence-corrected chi connectivity index (χ2v) is 6.66. The van der Waals surface area contributed by atoms with Crippen LogP contribution in [0.2, 0.25) is 5.02 Å². The number of rotatable bonds is 5. The molecule has 1 heterocycles. The minimum atomic E-state index is -0.534. The van der Waals surface area contributed by atoms with Gasteiger partial charge in [-0.15, -0.1) is 0 Å². The Morgan fingerprint density at radius 3 is 2.90 bits per heavy atom. The minimum Gasteiger partial charge on any atom is -0.390 e. The summed E-state index contributed by atoms with van der Waals surface area (Å²) in [4.78, 5) is 2.37. The second kappa shape index (κ2) is 7.48. The molecule has 2 rings (SSSR count). The lowest BCUT2D eigenvalue weighted by Crippen LogP contribution is -2.29. The summed E-state index contributed by atoms with van der Waals surface area (Å²) < 4.78 is 0. The molecule has 0 amide bonds. The lowest BCUT2D eigenvalue weighted by molar-refractivity contribution is 0.0481. The summed E-state index contributed by atoms with van der Waals surface area (Å²) in [5.74, 6) is 0. The molecule has 0 spiro atoms. The third kappa shape index (κ3) is 4.60. The van der Waals surface area contributed by atoms with Crippen molar-refractivity contribution in [3.63, 3.8) is 0 Å². The molecule has 1 aromatic carbocycles. The van der Waals surface area contributed by atoms with Crippen LogP contribution in [0.25, 0.3) is 0 Å². The molecular weight excluding hydrogens is 284 g/mol. The highest BCUT2D eigenvalue weighted by Gasteiger charge is 2.26. The van der Waals surface area contributed by atoms with E-state index in [1.807, 2.05) is 19.1 Å². The summed E-state index contributed by atoms with van der Waals surface area (Å²) >= 11 is 6.41. The third-order valence-electron chi connectivity index (χ3n) is 4.23. The van der Waals surface area contributed by atoms with Gasteiger partial charge in [0.1, 0.15) is 0 Å². The number of aliphatic hydroxyl groups is 1. The fourth-order valence-electron chi connectivity index (χ4n) is 2.91. The molecule has 0 saturated carbocycles. The normalized spacial score (nSPS) is 23.1. The van der Waals surface area contributed by atoms with Gasteiger partial charge in [0, 0.05) is 35.9 Å². The Morgan fingerprint density at radius 2 is 2.14 bits per heavy atom. The van der Waals surface area contributed by atoms with Crippen LogP contribution in [0.15, 0.2) is 18.2 Å². The summed E-state index contributed by atoms with van der Waals surface area (Å²) in [6, 6.07) is 6.13. The SMILES string of the molecule is CCCNCc1c(Cl)cccc1N1CCCC(C)(O)CC1. The number of halogens is 1. The Balaban J connectivity index is 2.16. The highest BCUT2D eigenvalue weighted by Crippen LogP contribution is 2.31. The molecule has 21 heavy (non-hydrogen) atoms. The Kier molecular flexibility index (Phi) is 5.91. The van der Waals surface area contributed by atoms with E-state index in [9.17, 15) is 5.11 Å². The molecule has 0 aromatic heterocycles. The van der Waals surface area contributed by atoms with Crippen LogP contribution >= 0.6 is 11.6 Å². The molecule has 3 nitrogen and oxygen atoms in total. The monoisotopic (exact) mass is 310 g/mol. The van der Waals surface area contributed by atoms with Crippen LogP contribution in [-0.2, 0) is 6.54 Å². The minimum absolute atomic E-state index is 0.534. The van der Waals surface area contributed by atoms with Crippen molar-refractivity contribution in [1.82, 2.24) is 5.32 Å². The van der Waals surface area contributed by atoms with Gasteiger partial charge in [-0.3, -0.25) is 0 Å². The zero-order valence-electron chi connectivity index (χ0n) is 13.2. The second-order valence-electron chi connectivity index (χ2n) is 6.25. The van der Waals surface area contributed by atoms with Crippen molar-refractivity contribution >= 4 is 17.3 Å². The standard InChI is InChI=1S/C17H27ClN2O/c1-3-10-19-13-14-15(18)6-4-7-16(14)20-11-5-8-17(2,21)9-12-20/h4,6-7,19,21H,3,5,8-13H2,1-2H3. The van der Waals surface area contributed by atoms with Crippen LogP contribution in [-0.4, -0.2) is 30.3 Å². The van der Waals surface area contributed by atoms with Gasteiger partial charge in [0.25, 0.3) is 0 Å². The first-order chi connectivity index (χ1) is 10.0. The van der Waals surface area contributed by atoms with Gasteiger partial charge in [-0.1, -0.05) is 24.6 Å². The van der Waals surface area contributed by atoms with E-state index >= 15 is 0 Å². The molecular formula is C17H27ClN2O. The van der Waals surface area contributed by atoms with Gasteiger partial charge in [-0.25, -0.2) is 0 Å². The smallest absolute Gasteiger partial charge is 0.0637 e. The Morgan fingerprint density at radius 1 is 1.33 bits per heavy atom. The Hall–Kier alpha value is -0.770. The lowest BCUT2D eigenvalue weighted by atomic mass is 9.98. The number of benzene rings is 1. The van der Waals surface area contributed by atoms with Crippen LogP contribution in [0.5, 0.6) is 0 Å². The molecule has 0 radical (unpaired) electrons. The average molecular weight is 311 g/mol. The molecule has 1 atom stereocenters. The molecule has 4 heteroatoms. The lowest BCUT2D eigenvalue weighted by Gasteiger charge is -2.27. The number of hydrogen-bond donors (Lipinski definition) is 2. The molecule has 0 bridgehead atoms. The summed E-state index contributed by atoms with van der Waals surface area (Å²) in [6.45, 7) is 7.77. The average Bonchev–Trinajstić information content (AvgIpc) is 2.62. The summed E-state index contributed by atoms with van der Waals surface area (Å²) in [5, 5.41) is 14.5. The van der Waals surface area contributed by atoms with Crippen LogP contribution < -0.4 is 10.2 Å². The van der Waals surface area contributed by atoms with Crippen LogP contribution in [0, 0.1) is 0 Å². The topological polar surface area (TPSA) is 35.5 Å². The molecule has 2 N–H and O–H groups in total. The van der Waals surface area contributed by atoms with Crippen LogP contribution in [0.3, 0.4) is 0 Å². The first-order valence-electron chi connectivity index (χ1n) is 7.99. The maximum absolute atomic E-state index is 10.3. The van der Waals surface area contributed by atoms with Gasteiger partial charge in [0.15, 0.2) is 0 Å². The largest absolute Gasteiger partial charge is 0.390 e. The van der Waals surface area contributed by atoms with E-state index in [4.69, 9.17) is 11.6 Å². The number of anilines is 1. The van der Waals surface area contributed by atoms with Gasteiger partial charge in [0.2, 0.25) is 0 Å². The van der Waals surface area contributed by atoms with Crippen molar-refractivity contribution in [3.8, 4) is 0 Å². The maximum atomic E-state index is 10.3. The van der Waals surface area contributed by atoms with Gasteiger partial charge in [-0.05, 0) is 51.3 Å². The molecule has 1 fully saturated rings. The van der Waals surface area contributed by atoms with Gasteiger partial charge in [-0.2, -0.15) is 0 Å². The van der Waals surface area contributed by atoms with Crippen molar-refractivity contribution in [2.75, 3.05) is 24.5 Å². The molecule has 118 valence electrons. The van der Waals surface area contributed by atoms with Gasteiger partial charge in [0.05, 0.1) is 5.60 Å². The molecule has 1 aromatic rings. The quantitative estimate of drug-likeness (QED) is 0.816. The Bertz CT molecular complexity index is 462. The van der Waals surface area contributed by atoms with Crippen molar-refractivity contribution < 1.29 is 5.11 Å². The zero-order valence-corrected chi connectivity index (χ0v) is 13.9. The Labute approximate surface area is 133 Å². The predicted molar refractivity (Wildman–Crippen MR) is 90.1 cm³/mol. The number of nitrogens with one attached hydrogen (secondary N) is 1. The van der Waals surface area contributed by atoms with E-state index in [0.29, 0.717) is 0 Å². The zero-order chi connectivity index (χ0) is 15.3. The fraction of sp³-hybridized carbons (Fsp3) is 0.647. The molecule has 0 aliphatic carbocycles. The molecule has 1 unspecified atom stereocenters. The van der Waals surface area contributed by atoms with Crippen molar-refractivity contribution in [1.29, 1.82) is 0 Å². The molecule has 1 saturated heterocycles. The first-order valence-corrected chi connectivity index (χ1v) is 8.37. The maximum Gasteiger partial charge on any atom is 0.0637 e. The summed E-state index contributed by atoms with van der Waals surface area (Å²) in [5.41, 5.74) is 1.85.